The number of thiophene rings is 1. The van der Waals surface area contributed by atoms with Crippen molar-refractivity contribution in [2.75, 3.05) is 6.54 Å². The standard InChI is InChI=1S/C18H23NO2S2/c1-14-5-6-15(2)17(11-14)23(20,21)19-13-18(8-3-4-9-18)16-7-10-22-12-16/h5-7,10-12,19H,3-4,8-9,13H2,1-2H3. The molecule has 0 unspecified atom stereocenters. The third kappa shape index (κ3) is 3.37. The van der Waals surface area contributed by atoms with Gasteiger partial charge in [0.2, 0.25) is 10.0 Å². The van der Waals surface area contributed by atoms with Crippen LogP contribution in [-0.2, 0) is 15.4 Å². The molecule has 23 heavy (non-hydrogen) atoms. The smallest absolute Gasteiger partial charge is 0.210 e. The van der Waals surface area contributed by atoms with Crippen LogP contribution in [0.25, 0.3) is 0 Å². The van der Waals surface area contributed by atoms with E-state index in [0.717, 1.165) is 24.0 Å². The summed E-state index contributed by atoms with van der Waals surface area (Å²) in [6, 6.07) is 7.71. The van der Waals surface area contributed by atoms with Crippen molar-refractivity contribution < 1.29 is 8.42 Å². The summed E-state index contributed by atoms with van der Waals surface area (Å²) in [6.45, 7) is 4.25. The van der Waals surface area contributed by atoms with Crippen molar-refractivity contribution in [3.05, 3.63) is 51.7 Å². The summed E-state index contributed by atoms with van der Waals surface area (Å²) in [4.78, 5) is 0.399. The third-order valence-corrected chi connectivity index (χ3v) is 7.15. The number of nitrogens with one attached hydrogen (secondary N) is 1. The highest BCUT2D eigenvalue weighted by Gasteiger charge is 2.37. The van der Waals surface area contributed by atoms with Crippen molar-refractivity contribution in [1.82, 2.24) is 4.72 Å². The second-order valence-corrected chi connectivity index (χ2v) is 9.11. The van der Waals surface area contributed by atoms with E-state index < -0.39 is 10.0 Å². The minimum atomic E-state index is -3.48. The first-order valence-corrected chi connectivity index (χ1v) is 10.5. The Morgan fingerprint density at radius 3 is 2.57 bits per heavy atom. The largest absolute Gasteiger partial charge is 0.240 e. The van der Waals surface area contributed by atoms with Gasteiger partial charge in [-0.1, -0.05) is 25.0 Å². The van der Waals surface area contributed by atoms with Crippen molar-refractivity contribution in [3.63, 3.8) is 0 Å². The van der Waals surface area contributed by atoms with Crippen LogP contribution in [0.5, 0.6) is 0 Å². The van der Waals surface area contributed by atoms with Crippen LogP contribution < -0.4 is 4.72 Å². The topological polar surface area (TPSA) is 46.2 Å². The van der Waals surface area contributed by atoms with E-state index in [9.17, 15) is 8.42 Å². The average Bonchev–Trinajstić information content (AvgIpc) is 3.19. The molecule has 3 rings (SSSR count). The van der Waals surface area contributed by atoms with Crippen LogP contribution in [0.3, 0.4) is 0 Å². The number of benzene rings is 1. The molecule has 1 fully saturated rings. The Hall–Kier alpha value is -1.17. The van der Waals surface area contributed by atoms with Crippen LogP contribution in [-0.4, -0.2) is 15.0 Å². The summed E-state index contributed by atoms with van der Waals surface area (Å²) >= 11 is 1.68. The highest BCUT2D eigenvalue weighted by Crippen LogP contribution is 2.41. The molecule has 1 aliphatic carbocycles. The number of hydrogen-bond acceptors (Lipinski definition) is 3. The van der Waals surface area contributed by atoms with Gasteiger partial charge in [0.05, 0.1) is 4.90 Å². The second-order valence-electron chi connectivity index (χ2n) is 6.59. The molecule has 0 atom stereocenters. The summed E-state index contributed by atoms with van der Waals surface area (Å²) in [5.41, 5.74) is 3.00. The monoisotopic (exact) mass is 349 g/mol. The fraction of sp³-hybridized carbons (Fsp3) is 0.444. The van der Waals surface area contributed by atoms with Crippen molar-refractivity contribution >= 4 is 21.4 Å². The van der Waals surface area contributed by atoms with Gasteiger partial charge < -0.3 is 0 Å². The first kappa shape index (κ1) is 16.7. The van der Waals surface area contributed by atoms with E-state index >= 15 is 0 Å². The van der Waals surface area contributed by atoms with Crippen LogP contribution >= 0.6 is 11.3 Å². The van der Waals surface area contributed by atoms with Gasteiger partial charge in [-0.3, -0.25) is 0 Å². The predicted molar refractivity (Wildman–Crippen MR) is 95.6 cm³/mol. The van der Waals surface area contributed by atoms with E-state index in [1.807, 2.05) is 26.0 Å². The molecule has 0 spiro atoms. The first-order chi connectivity index (χ1) is 10.9. The number of sulfonamides is 1. The maximum Gasteiger partial charge on any atom is 0.240 e. The molecule has 1 aliphatic rings. The molecule has 3 nitrogen and oxygen atoms in total. The Labute approximate surface area is 142 Å². The molecule has 1 N–H and O–H groups in total. The van der Waals surface area contributed by atoms with Crippen LogP contribution in [0.4, 0.5) is 0 Å². The molecule has 0 aliphatic heterocycles. The van der Waals surface area contributed by atoms with Gasteiger partial charge in [0.25, 0.3) is 0 Å². The van der Waals surface area contributed by atoms with Gasteiger partial charge in [-0.05, 0) is 66.3 Å². The Kier molecular flexibility index (Phi) is 4.63. The zero-order chi connectivity index (χ0) is 16.5. The minimum Gasteiger partial charge on any atom is -0.210 e. The molecule has 0 bridgehead atoms. The normalized spacial score (nSPS) is 17.5. The van der Waals surface area contributed by atoms with Crippen molar-refractivity contribution in [1.29, 1.82) is 0 Å². The lowest BCUT2D eigenvalue weighted by atomic mass is 9.81. The molecule has 1 aromatic carbocycles. The van der Waals surface area contributed by atoms with E-state index in [1.165, 1.54) is 18.4 Å². The molecule has 0 saturated heterocycles. The van der Waals surface area contributed by atoms with E-state index in [-0.39, 0.29) is 5.41 Å². The van der Waals surface area contributed by atoms with E-state index in [0.29, 0.717) is 11.4 Å². The van der Waals surface area contributed by atoms with Crippen LogP contribution in [0.15, 0.2) is 39.9 Å². The number of hydrogen-bond donors (Lipinski definition) is 1. The molecule has 124 valence electrons. The average molecular weight is 350 g/mol. The van der Waals surface area contributed by atoms with E-state index in [4.69, 9.17) is 0 Å². The lowest BCUT2D eigenvalue weighted by Crippen LogP contribution is -2.39. The molecule has 1 heterocycles. The lowest BCUT2D eigenvalue weighted by molar-refractivity contribution is 0.433. The van der Waals surface area contributed by atoms with Crippen molar-refractivity contribution in [2.45, 2.75) is 49.8 Å². The van der Waals surface area contributed by atoms with E-state index in [1.54, 1.807) is 17.4 Å². The highest BCUT2D eigenvalue weighted by molar-refractivity contribution is 7.89. The molecular formula is C18H23NO2S2. The van der Waals surface area contributed by atoms with Crippen LogP contribution in [0.1, 0.15) is 42.4 Å². The Balaban J connectivity index is 1.85. The highest BCUT2D eigenvalue weighted by atomic mass is 32.2. The maximum absolute atomic E-state index is 12.8. The van der Waals surface area contributed by atoms with Crippen LogP contribution in [0, 0.1) is 13.8 Å². The van der Waals surface area contributed by atoms with Crippen molar-refractivity contribution in [2.24, 2.45) is 0 Å². The Morgan fingerprint density at radius 1 is 1.17 bits per heavy atom. The summed E-state index contributed by atoms with van der Waals surface area (Å²) < 4.78 is 28.4. The molecule has 2 aromatic rings. The van der Waals surface area contributed by atoms with Gasteiger partial charge in [-0.25, -0.2) is 13.1 Å². The fourth-order valence-electron chi connectivity index (χ4n) is 3.49. The van der Waals surface area contributed by atoms with Gasteiger partial charge in [0.1, 0.15) is 0 Å². The fourth-order valence-corrected chi connectivity index (χ4v) is 5.73. The number of aryl methyl sites for hydroxylation is 2. The van der Waals surface area contributed by atoms with Gasteiger partial charge in [0, 0.05) is 12.0 Å². The molecular weight excluding hydrogens is 326 g/mol. The predicted octanol–water partition coefficient (Wildman–Crippen LogP) is 4.16. The second kappa shape index (κ2) is 6.38. The molecule has 1 saturated carbocycles. The molecule has 5 heteroatoms. The molecule has 1 aromatic heterocycles. The zero-order valence-corrected chi connectivity index (χ0v) is 15.3. The SMILES string of the molecule is Cc1ccc(C)c(S(=O)(=O)NCC2(c3ccsc3)CCCC2)c1. The van der Waals surface area contributed by atoms with Gasteiger partial charge in [-0.15, -0.1) is 0 Å². The van der Waals surface area contributed by atoms with Gasteiger partial charge in [-0.2, -0.15) is 11.3 Å². The van der Waals surface area contributed by atoms with Crippen molar-refractivity contribution in [3.8, 4) is 0 Å². The quantitative estimate of drug-likeness (QED) is 0.881. The summed E-state index contributed by atoms with van der Waals surface area (Å²) in [5, 5.41) is 4.24. The number of rotatable bonds is 5. The molecule has 0 amide bonds. The Morgan fingerprint density at radius 2 is 1.91 bits per heavy atom. The minimum absolute atomic E-state index is 0.0369. The van der Waals surface area contributed by atoms with E-state index in [2.05, 4.69) is 21.5 Å². The van der Waals surface area contributed by atoms with Gasteiger partial charge >= 0.3 is 0 Å². The molecule has 0 radical (unpaired) electrons. The third-order valence-electron chi connectivity index (χ3n) is 4.93. The lowest BCUT2D eigenvalue weighted by Gasteiger charge is -2.28. The zero-order valence-electron chi connectivity index (χ0n) is 13.6. The van der Waals surface area contributed by atoms with Crippen LogP contribution in [0.2, 0.25) is 0 Å². The van der Waals surface area contributed by atoms with Gasteiger partial charge in [0.15, 0.2) is 0 Å². The summed E-state index contributed by atoms with van der Waals surface area (Å²) in [6.07, 6.45) is 4.44. The summed E-state index contributed by atoms with van der Waals surface area (Å²) in [5.74, 6) is 0. The summed E-state index contributed by atoms with van der Waals surface area (Å²) in [7, 11) is -3.48. The Bertz CT molecular complexity index is 773. The maximum atomic E-state index is 12.8. The first-order valence-electron chi connectivity index (χ1n) is 8.03.